The zero-order valence-corrected chi connectivity index (χ0v) is 11.6. The molecule has 1 aromatic carbocycles. The van der Waals surface area contributed by atoms with Crippen LogP contribution in [-0.2, 0) is 11.3 Å². The van der Waals surface area contributed by atoms with Crippen LogP contribution in [0.4, 0.5) is 5.69 Å². The fourth-order valence-electron chi connectivity index (χ4n) is 1.63. The molecule has 1 atom stereocenters. The Kier molecular flexibility index (Phi) is 5.25. The van der Waals surface area contributed by atoms with E-state index in [0.29, 0.717) is 19.2 Å². The number of nitrogens with two attached hydrogens (primary N) is 1. The molecule has 2 N–H and O–H groups in total. The first-order chi connectivity index (χ1) is 7.60. The van der Waals surface area contributed by atoms with Crippen molar-refractivity contribution in [3.8, 4) is 0 Å². The quantitative estimate of drug-likeness (QED) is 0.903. The minimum Gasteiger partial charge on any atom is -0.383 e. The molecule has 4 heteroatoms. The molecule has 0 aliphatic carbocycles. The van der Waals surface area contributed by atoms with E-state index in [1.807, 2.05) is 6.07 Å². The molecule has 3 nitrogen and oxygen atoms in total. The van der Waals surface area contributed by atoms with Gasteiger partial charge in [-0.2, -0.15) is 0 Å². The van der Waals surface area contributed by atoms with Crippen LogP contribution in [0.5, 0.6) is 0 Å². The van der Waals surface area contributed by atoms with Gasteiger partial charge in [-0.05, 0) is 24.6 Å². The smallest absolute Gasteiger partial charge is 0.0663 e. The second-order valence-electron chi connectivity index (χ2n) is 3.89. The minimum absolute atomic E-state index is 0.324. The number of halogens is 1. The second kappa shape index (κ2) is 6.23. The molecule has 0 saturated heterocycles. The number of benzene rings is 1. The number of hydrogen-bond donors (Lipinski definition) is 1. The van der Waals surface area contributed by atoms with Crippen LogP contribution in [0.25, 0.3) is 0 Å². The van der Waals surface area contributed by atoms with Gasteiger partial charge in [-0.1, -0.05) is 22.0 Å². The SMILES string of the molecule is COCC(C)N(C)c1cc(Br)ccc1CN. The fraction of sp³-hybridized carbons (Fsp3) is 0.500. The number of ether oxygens (including phenoxy) is 1. The molecule has 90 valence electrons. The Morgan fingerprint density at radius 1 is 1.50 bits per heavy atom. The third-order valence-corrected chi connectivity index (χ3v) is 3.21. The number of nitrogens with zero attached hydrogens (tertiary/aromatic N) is 1. The normalized spacial score (nSPS) is 12.6. The lowest BCUT2D eigenvalue weighted by atomic mass is 10.1. The molecule has 0 saturated carbocycles. The van der Waals surface area contributed by atoms with Crippen molar-refractivity contribution in [2.24, 2.45) is 5.73 Å². The zero-order chi connectivity index (χ0) is 12.1. The maximum absolute atomic E-state index is 5.74. The van der Waals surface area contributed by atoms with Gasteiger partial charge in [-0.3, -0.25) is 0 Å². The third kappa shape index (κ3) is 3.20. The lowest BCUT2D eigenvalue weighted by molar-refractivity contribution is 0.183. The average Bonchev–Trinajstić information content (AvgIpc) is 2.28. The van der Waals surface area contributed by atoms with E-state index < -0.39 is 0 Å². The Hall–Kier alpha value is -0.580. The highest BCUT2D eigenvalue weighted by Crippen LogP contribution is 2.25. The first-order valence-corrected chi connectivity index (χ1v) is 6.09. The molecule has 0 heterocycles. The summed E-state index contributed by atoms with van der Waals surface area (Å²) < 4.78 is 6.23. The number of methoxy groups -OCH3 is 1. The van der Waals surface area contributed by atoms with Crippen LogP contribution >= 0.6 is 15.9 Å². The second-order valence-corrected chi connectivity index (χ2v) is 4.81. The highest BCUT2D eigenvalue weighted by atomic mass is 79.9. The van der Waals surface area contributed by atoms with E-state index in [1.165, 1.54) is 0 Å². The van der Waals surface area contributed by atoms with Crippen molar-refractivity contribution >= 4 is 21.6 Å². The maximum atomic E-state index is 5.74. The largest absolute Gasteiger partial charge is 0.383 e. The van der Waals surface area contributed by atoms with Crippen LogP contribution in [0.1, 0.15) is 12.5 Å². The van der Waals surface area contributed by atoms with Gasteiger partial charge >= 0.3 is 0 Å². The van der Waals surface area contributed by atoms with Gasteiger partial charge in [0.25, 0.3) is 0 Å². The molecule has 1 unspecified atom stereocenters. The molecular formula is C12H19BrN2O. The summed E-state index contributed by atoms with van der Waals surface area (Å²) in [5.74, 6) is 0. The van der Waals surface area contributed by atoms with Crippen LogP contribution in [-0.4, -0.2) is 26.8 Å². The van der Waals surface area contributed by atoms with Crippen LogP contribution < -0.4 is 10.6 Å². The first kappa shape index (κ1) is 13.5. The van der Waals surface area contributed by atoms with Crippen LogP contribution in [0.3, 0.4) is 0 Å². The van der Waals surface area contributed by atoms with Gasteiger partial charge in [-0.15, -0.1) is 0 Å². The summed E-state index contributed by atoms with van der Waals surface area (Å²) in [6.45, 7) is 3.38. The molecule has 0 amide bonds. The Balaban J connectivity index is 2.96. The lowest BCUT2D eigenvalue weighted by Crippen LogP contribution is -2.33. The predicted octanol–water partition coefficient (Wildman–Crippen LogP) is 2.38. The fourth-order valence-corrected chi connectivity index (χ4v) is 1.98. The summed E-state index contributed by atoms with van der Waals surface area (Å²) in [5.41, 5.74) is 8.04. The maximum Gasteiger partial charge on any atom is 0.0663 e. The lowest BCUT2D eigenvalue weighted by Gasteiger charge is -2.28. The Bertz CT molecular complexity index is 344. The number of hydrogen-bond acceptors (Lipinski definition) is 3. The molecule has 0 aliphatic rings. The Morgan fingerprint density at radius 3 is 2.75 bits per heavy atom. The molecular weight excluding hydrogens is 268 g/mol. The summed E-state index contributed by atoms with van der Waals surface area (Å²) in [7, 11) is 3.78. The highest BCUT2D eigenvalue weighted by Gasteiger charge is 2.13. The molecule has 0 radical (unpaired) electrons. The van der Waals surface area contributed by atoms with E-state index in [4.69, 9.17) is 10.5 Å². The van der Waals surface area contributed by atoms with Crippen molar-refractivity contribution in [3.05, 3.63) is 28.2 Å². The molecule has 0 fully saturated rings. The van der Waals surface area contributed by atoms with E-state index in [0.717, 1.165) is 15.7 Å². The van der Waals surface area contributed by atoms with E-state index in [-0.39, 0.29) is 0 Å². The van der Waals surface area contributed by atoms with E-state index in [9.17, 15) is 0 Å². The van der Waals surface area contributed by atoms with Crippen molar-refractivity contribution in [2.45, 2.75) is 19.5 Å². The van der Waals surface area contributed by atoms with E-state index in [2.05, 4.69) is 46.9 Å². The predicted molar refractivity (Wildman–Crippen MR) is 71.8 cm³/mol. The van der Waals surface area contributed by atoms with E-state index >= 15 is 0 Å². The number of anilines is 1. The van der Waals surface area contributed by atoms with Gasteiger partial charge in [0.05, 0.1) is 6.61 Å². The summed E-state index contributed by atoms with van der Waals surface area (Å²) in [6.07, 6.45) is 0. The molecule has 0 aromatic heterocycles. The number of rotatable bonds is 5. The summed E-state index contributed by atoms with van der Waals surface area (Å²) in [4.78, 5) is 2.19. The van der Waals surface area contributed by atoms with Gasteiger partial charge in [0.15, 0.2) is 0 Å². The molecule has 0 spiro atoms. The monoisotopic (exact) mass is 286 g/mol. The van der Waals surface area contributed by atoms with Gasteiger partial charge in [0.2, 0.25) is 0 Å². The number of likely N-dealkylation sites (N-methyl/N-ethyl adjacent to an activating group) is 1. The van der Waals surface area contributed by atoms with Gasteiger partial charge in [0, 0.05) is 36.9 Å². The van der Waals surface area contributed by atoms with Crippen molar-refractivity contribution in [3.63, 3.8) is 0 Å². The van der Waals surface area contributed by atoms with Gasteiger partial charge in [-0.25, -0.2) is 0 Å². The van der Waals surface area contributed by atoms with Crippen molar-refractivity contribution in [1.82, 2.24) is 0 Å². The van der Waals surface area contributed by atoms with Crippen LogP contribution in [0.15, 0.2) is 22.7 Å². The molecule has 0 aliphatic heterocycles. The van der Waals surface area contributed by atoms with Crippen LogP contribution in [0.2, 0.25) is 0 Å². The molecule has 16 heavy (non-hydrogen) atoms. The van der Waals surface area contributed by atoms with Gasteiger partial charge < -0.3 is 15.4 Å². The Morgan fingerprint density at radius 2 is 2.19 bits per heavy atom. The molecule has 1 rings (SSSR count). The standard InChI is InChI=1S/C12H19BrN2O/c1-9(8-16-3)15(2)12-6-11(13)5-4-10(12)7-14/h4-6,9H,7-8,14H2,1-3H3. The van der Waals surface area contributed by atoms with Gasteiger partial charge in [0.1, 0.15) is 0 Å². The summed E-state index contributed by atoms with van der Waals surface area (Å²) >= 11 is 3.48. The van der Waals surface area contributed by atoms with Crippen molar-refractivity contribution in [2.75, 3.05) is 25.7 Å². The topological polar surface area (TPSA) is 38.5 Å². The summed E-state index contributed by atoms with van der Waals surface area (Å²) in [6, 6.07) is 6.48. The summed E-state index contributed by atoms with van der Waals surface area (Å²) in [5, 5.41) is 0. The van der Waals surface area contributed by atoms with Crippen LogP contribution in [0, 0.1) is 0 Å². The van der Waals surface area contributed by atoms with Crippen molar-refractivity contribution in [1.29, 1.82) is 0 Å². The van der Waals surface area contributed by atoms with E-state index in [1.54, 1.807) is 7.11 Å². The minimum atomic E-state index is 0.324. The molecule has 0 bridgehead atoms. The van der Waals surface area contributed by atoms with Crippen molar-refractivity contribution < 1.29 is 4.74 Å². The first-order valence-electron chi connectivity index (χ1n) is 5.30. The zero-order valence-electron chi connectivity index (χ0n) is 10.0. The Labute approximate surface area is 106 Å². The molecule has 1 aromatic rings. The highest BCUT2D eigenvalue weighted by molar-refractivity contribution is 9.10. The third-order valence-electron chi connectivity index (χ3n) is 2.72. The average molecular weight is 287 g/mol.